The maximum Gasteiger partial charge on any atom is 0.199 e. The van der Waals surface area contributed by atoms with Crippen LogP contribution in [0.5, 0.6) is 0 Å². The Balaban J connectivity index is 1.57. The van der Waals surface area contributed by atoms with Gasteiger partial charge in [0.25, 0.3) is 0 Å². The largest absolute Gasteiger partial charge is 0.439 e. The van der Waals surface area contributed by atoms with E-state index < -0.39 is 0 Å². The number of hydrogen-bond donors (Lipinski definition) is 2. The zero-order chi connectivity index (χ0) is 24.6. The van der Waals surface area contributed by atoms with Crippen molar-refractivity contribution >= 4 is 57.0 Å². The Bertz CT molecular complexity index is 1700. The highest BCUT2D eigenvalue weighted by Gasteiger charge is 2.25. The molecule has 1 aromatic heterocycles. The number of halogens is 1. The van der Waals surface area contributed by atoms with Gasteiger partial charge in [-0.25, -0.2) is 9.98 Å². The molecule has 176 valence electrons. The highest BCUT2D eigenvalue weighted by Crippen LogP contribution is 2.37. The third-order valence-electron chi connectivity index (χ3n) is 6.31. The lowest BCUT2D eigenvalue weighted by atomic mass is 10.0. The molecule has 1 unspecified atom stereocenters. The van der Waals surface area contributed by atoms with E-state index >= 15 is 0 Å². The van der Waals surface area contributed by atoms with Crippen molar-refractivity contribution in [2.45, 2.75) is 13.1 Å². The summed E-state index contributed by atoms with van der Waals surface area (Å²) in [5.41, 5.74) is 10.4. The number of amidine groups is 2. The van der Waals surface area contributed by atoms with Gasteiger partial charge in [-0.05, 0) is 41.5 Å². The van der Waals surface area contributed by atoms with E-state index in [2.05, 4.69) is 47.8 Å². The van der Waals surface area contributed by atoms with Crippen LogP contribution in [0.2, 0.25) is 5.02 Å². The molecule has 6 rings (SSSR count). The number of nitrogens with zero attached hydrogens (tertiary/aromatic N) is 2. The van der Waals surface area contributed by atoms with Crippen LogP contribution in [-0.2, 0) is 0 Å². The molecule has 6 heteroatoms. The molecule has 1 aliphatic rings. The molecule has 0 spiro atoms. The molecule has 2 heterocycles. The molecule has 0 amide bonds. The number of furan rings is 1. The van der Waals surface area contributed by atoms with E-state index in [0.717, 1.165) is 38.9 Å². The van der Waals surface area contributed by atoms with Crippen molar-refractivity contribution in [3.05, 3.63) is 118 Å². The van der Waals surface area contributed by atoms with E-state index in [4.69, 9.17) is 31.7 Å². The molecule has 5 nitrogen and oxygen atoms in total. The summed E-state index contributed by atoms with van der Waals surface area (Å²) in [6, 6.07) is 28.5. The molecule has 3 N–H and O–H groups in total. The second-order valence-corrected chi connectivity index (χ2v) is 9.02. The molecule has 0 saturated heterocycles. The second-order valence-electron chi connectivity index (χ2n) is 8.61. The van der Waals surface area contributed by atoms with Gasteiger partial charge in [0.1, 0.15) is 12.0 Å². The SMILES string of the molecule is C/C=C\c1c(N)oc2c(Cl)ccc(C3=NC(c4ccccc4)NC(c4ccc5ccccc5c4)=N3)c12. The van der Waals surface area contributed by atoms with Gasteiger partial charge in [-0.3, -0.25) is 0 Å². The van der Waals surface area contributed by atoms with Crippen LogP contribution in [-0.4, -0.2) is 11.7 Å². The van der Waals surface area contributed by atoms with Gasteiger partial charge < -0.3 is 15.5 Å². The molecule has 0 radical (unpaired) electrons. The van der Waals surface area contributed by atoms with Gasteiger partial charge in [0.2, 0.25) is 0 Å². The Morgan fingerprint density at radius 3 is 2.53 bits per heavy atom. The predicted octanol–water partition coefficient (Wildman–Crippen LogP) is 7.35. The van der Waals surface area contributed by atoms with E-state index in [1.807, 2.05) is 55.5 Å². The van der Waals surface area contributed by atoms with Gasteiger partial charge in [0, 0.05) is 22.1 Å². The van der Waals surface area contributed by atoms with Crippen LogP contribution in [0.15, 0.2) is 105 Å². The number of anilines is 1. The highest BCUT2D eigenvalue weighted by molar-refractivity contribution is 6.36. The average Bonchev–Trinajstić information content (AvgIpc) is 3.25. The molecular weight excluding hydrogens is 468 g/mol. The lowest BCUT2D eigenvalue weighted by Gasteiger charge is -2.24. The topological polar surface area (TPSA) is 75.9 Å². The number of nitrogen functional groups attached to an aromatic ring is 1. The molecule has 36 heavy (non-hydrogen) atoms. The van der Waals surface area contributed by atoms with Crippen LogP contribution in [0, 0.1) is 0 Å². The van der Waals surface area contributed by atoms with Crippen molar-refractivity contribution in [3.8, 4) is 0 Å². The fourth-order valence-electron chi connectivity index (χ4n) is 4.59. The quantitative estimate of drug-likeness (QED) is 0.276. The van der Waals surface area contributed by atoms with Crippen molar-refractivity contribution in [2.75, 3.05) is 5.73 Å². The Morgan fingerprint density at radius 1 is 0.944 bits per heavy atom. The van der Waals surface area contributed by atoms with Crippen molar-refractivity contribution in [1.29, 1.82) is 0 Å². The molecule has 4 aromatic carbocycles. The van der Waals surface area contributed by atoms with E-state index in [1.54, 1.807) is 6.07 Å². The summed E-state index contributed by atoms with van der Waals surface area (Å²) in [5, 5.41) is 7.14. The van der Waals surface area contributed by atoms with Crippen molar-refractivity contribution < 1.29 is 4.42 Å². The number of rotatable bonds is 4. The van der Waals surface area contributed by atoms with E-state index in [9.17, 15) is 0 Å². The minimum absolute atomic E-state index is 0.310. The summed E-state index contributed by atoms with van der Waals surface area (Å²) >= 11 is 6.50. The molecule has 0 fully saturated rings. The number of benzene rings is 4. The number of allylic oxidation sites excluding steroid dienone is 1. The van der Waals surface area contributed by atoms with Crippen molar-refractivity contribution in [1.82, 2.24) is 5.32 Å². The molecule has 1 aliphatic heterocycles. The smallest absolute Gasteiger partial charge is 0.199 e. The molecule has 0 saturated carbocycles. The summed E-state index contributed by atoms with van der Waals surface area (Å²) in [5.74, 6) is 1.64. The first-order chi connectivity index (χ1) is 17.6. The number of fused-ring (bicyclic) bond motifs is 2. The maximum absolute atomic E-state index is 6.50. The first-order valence-corrected chi connectivity index (χ1v) is 12.1. The molecular formula is C30H23ClN4O. The van der Waals surface area contributed by atoms with Crippen LogP contribution in [0.4, 0.5) is 5.88 Å². The van der Waals surface area contributed by atoms with Crippen molar-refractivity contribution in [2.24, 2.45) is 9.98 Å². The van der Waals surface area contributed by atoms with Gasteiger partial charge in [-0.2, -0.15) is 0 Å². The summed E-state index contributed by atoms with van der Waals surface area (Å²) in [6.07, 6.45) is 3.53. The van der Waals surface area contributed by atoms with Crippen LogP contribution >= 0.6 is 11.6 Å². The summed E-state index contributed by atoms with van der Waals surface area (Å²) in [6.45, 7) is 1.94. The molecule has 0 bridgehead atoms. The predicted molar refractivity (Wildman–Crippen MR) is 150 cm³/mol. The number of nitrogens with two attached hydrogens (primary N) is 1. The number of aliphatic imine (C=N–C) groups is 2. The highest BCUT2D eigenvalue weighted by atomic mass is 35.5. The van der Waals surface area contributed by atoms with Gasteiger partial charge in [0.15, 0.2) is 17.3 Å². The molecule has 0 aliphatic carbocycles. The normalized spacial score (nSPS) is 15.8. The number of hydrogen-bond acceptors (Lipinski definition) is 5. The summed E-state index contributed by atoms with van der Waals surface area (Å²) in [7, 11) is 0. The maximum atomic E-state index is 6.50. The lowest BCUT2D eigenvalue weighted by Crippen LogP contribution is -2.33. The summed E-state index contributed by atoms with van der Waals surface area (Å²) < 4.78 is 5.86. The average molecular weight is 491 g/mol. The Morgan fingerprint density at radius 2 is 1.72 bits per heavy atom. The minimum atomic E-state index is -0.319. The minimum Gasteiger partial charge on any atom is -0.439 e. The van der Waals surface area contributed by atoms with E-state index in [-0.39, 0.29) is 6.17 Å². The zero-order valence-corrected chi connectivity index (χ0v) is 20.3. The van der Waals surface area contributed by atoms with E-state index in [0.29, 0.717) is 22.3 Å². The van der Waals surface area contributed by atoms with Gasteiger partial charge >= 0.3 is 0 Å². The fourth-order valence-corrected chi connectivity index (χ4v) is 4.79. The first kappa shape index (κ1) is 22.1. The fraction of sp³-hybridized carbons (Fsp3) is 0.0667. The van der Waals surface area contributed by atoms with Crippen LogP contribution in [0.3, 0.4) is 0 Å². The monoisotopic (exact) mass is 490 g/mol. The molecule has 5 aromatic rings. The standard InChI is InChI=1S/C30H23ClN4O/c1-2-8-22-25-23(15-16-24(31)26(25)36-27(22)32)30-34-28(19-10-4-3-5-11-19)33-29(35-30)21-14-13-18-9-6-7-12-20(18)17-21/h2-17,28H,32H2,1H3,(H,33,34,35)/b8-2-. The van der Waals surface area contributed by atoms with Crippen LogP contribution < -0.4 is 11.1 Å². The van der Waals surface area contributed by atoms with Gasteiger partial charge in [0.05, 0.1) is 5.02 Å². The Kier molecular flexibility index (Phi) is 5.55. The van der Waals surface area contributed by atoms with Gasteiger partial charge in [-0.15, -0.1) is 0 Å². The van der Waals surface area contributed by atoms with Crippen LogP contribution in [0.25, 0.3) is 27.8 Å². The Hall–Kier alpha value is -4.35. The number of nitrogens with one attached hydrogen (secondary N) is 1. The van der Waals surface area contributed by atoms with Crippen LogP contribution in [0.1, 0.15) is 35.3 Å². The van der Waals surface area contributed by atoms with Crippen molar-refractivity contribution in [3.63, 3.8) is 0 Å². The second kappa shape index (κ2) is 9.02. The Labute approximate surface area is 213 Å². The third-order valence-corrected chi connectivity index (χ3v) is 6.61. The zero-order valence-electron chi connectivity index (χ0n) is 19.6. The van der Waals surface area contributed by atoms with Gasteiger partial charge in [-0.1, -0.05) is 90.5 Å². The lowest BCUT2D eigenvalue weighted by molar-refractivity contribution is 0.636. The first-order valence-electron chi connectivity index (χ1n) is 11.7. The van der Waals surface area contributed by atoms with E-state index in [1.165, 1.54) is 5.39 Å². The summed E-state index contributed by atoms with van der Waals surface area (Å²) in [4.78, 5) is 10.0. The molecule has 1 atom stereocenters. The third kappa shape index (κ3) is 3.84.